The summed E-state index contributed by atoms with van der Waals surface area (Å²) in [4.78, 5) is 11.6. The maximum Gasteiger partial charge on any atom is 0.339 e. The molecule has 0 aromatic heterocycles. The number of ether oxygens (including phenoxy) is 1. The van der Waals surface area contributed by atoms with E-state index in [2.05, 4.69) is 9.46 Å². The van der Waals surface area contributed by atoms with Gasteiger partial charge in [0, 0.05) is 5.69 Å². The second kappa shape index (κ2) is 6.60. The summed E-state index contributed by atoms with van der Waals surface area (Å²) in [6.45, 7) is 3.83. The highest BCUT2D eigenvalue weighted by Crippen LogP contribution is 2.24. The third-order valence-electron chi connectivity index (χ3n) is 3.41. The van der Waals surface area contributed by atoms with Gasteiger partial charge in [0.25, 0.3) is 10.0 Å². The molecule has 2 aromatic carbocycles. The van der Waals surface area contributed by atoms with Gasteiger partial charge < -0.3 is 4.74 Å². The van der Waals surface area contributed by atoms with Crippen LogP contribution in [-0.2, 0) is 14.8 Å². The van der Waals surface area contributed by atoms with Crippen LogP contribution in [-0.4, -0.2) is 21.5 Å². The number of carbonyl (C=O) groups excluding carboxylic acids is 1. The topological polar surface area (TPSA) is 72.5 Å². The summed E-state index contributed by atoms with van der Waals surface area (Å²) in [6.07, 6.45) is 0. The molecule has 5 nitrogen and oxygen atoms in total. The number of benzene rings is 2. The average Bonchev–Trinajstić information content (AvgIpc) is 2.50. The molecule has 1 N–H and O–H groups in total. The maximum absolute atomic E-state index is 12.5. The summed E-state index contributed by atoms with van der Waals surface area (Å²) in [5.41, 5.74) is 2.48. The molecule has 2 aromatic rings. The van der Waals surface area contributed by atoms with Crippen LogP contribution in [0.4, 0.5) is 5.69 Å². The van der Waals surface area contributed by atoms with Crippen molar-refractivity contribution in [3.8, 4) is 0 Å². The number of methoxy groups -OCH3 is 1. The van der Waals surface area contributed by atoms with E-state index in [1.807, 2.05) is 19.9 Å². The molecular formula is C16H16ClNO4S. The van der Waals surface area contributed by atoms with Gasteiger partial charge >= 0.3 is 5.97 Å². The summed E-state index contributed by atoms with van der Waals surface area (Å²) in [5, 5.41) is 0.127. The summed E-state index contributed by atoms with van der Waals surface area (Å²) < 4.78 is 32.0. The monoisotopic (exact) mass is 353 g/mol. The normalized spacial score (nSPS) is 11.1. The van der Waals surface area contributed by atoms with E-state index >= 15 is 0 Å². The Morgan fingerprint density at radius 1 is 1.09 bits per heavy atom. The van der Waals surface area contributed by atoms with Crippen LogP contribution >= 0.6 is 11.6 Å². The number of rotatable bonds is 4. The van der Waals surface area contributed by atoms with Crippen molar-refractivity contribution in [2.75, 3.05) is 11.8 Å². The zero-order valence-electron chi connectivity index (χ0n) is 12.9. The van der Waals surface area contributed by atoms with Gasteiger partial charge in [0.15, 0.2) is 0 Å². The molecule has 0 saturated heterocycles. The Kier molecular flexibility index (Phi) is 4.97. The summed E-state index contributed by atoms with van der Waals surface area (Å²) in [5.74, 6) is -0.696. The lowest BCUT2D eigenvalue weighted by Crippen LogP contribution is -2.14. The fraction of sp³-hybridized carbons (Fsp3) is 0.188. The number of hydrogen-bond acceptors (Lipinski definition) is 4. The lowest BCUT2D eigenvalue weighted by Gasteiger charge is -2.11. The second-order valence-corrected chi connectivity index (χ2v) is 7.13. The molecule has 0 atom stereocenters. The molecule has 7 heteroatoms. The Morgan fingerprint density at radius 3 is 2.39 bits per heavy atom. The minimum absolute atomic E-state index is 0.00266. The standard InChI is InChI=1S/C16H16ClNO4S/c1-10-4-5-12(8-11(10)2)18-23(20,21)13-6-7-15(17)14(9-13)16(19)22-3/h4-9,18H,1-3H3. The van der Waals surface area contributed by atoms with Crippen molar-refractivity contribution in [3.05, 3.63) is 58.1 Å². The number of sulfonamides is 1. The van der Waals surface area contributed by atoms with E-state index in [1.54, 1.807) is 12.1 Å². The van der Waals surface area contributed by atoms with Gasteiger partial charge in [-0.1, -0.05) is 17.7 Å². The number of halogens is 1. The number of carbonyl (C=O) groups is 1. The predicted octanol–water partition coefficient (Wildman–Crippen LogP) is 3.54. The van der Waals surface area contributed by atoms with Crippen molar-refractivity contribution < 1.29 is 17.9 Å². The van der Waals surface area contributed by atoms with Gasteiger partial charge in [0.1, 0.15) is 0 Å². The van der Waals surface area contributed by atoms with Crippen LogP contribution in [0.15, 0.2) is 41.3 Å². The fourth-order valence-electron chi connectivity index (χ4n) is 1.96. The van der Waals surface area contributed by atoms with E-state index in [1.165, 1.54) is 25.3 Å². The van der Waals surface area contributed by atoms with Crippen molar-refractivity contribution in [1.29, 1.82) is 0 Å². The van der Waals surface area contributed by atoms with Crippen molar-refractivity contribution in [3.63, 3.8) is 0 Å². The second-order valence-electron chi connectivity index (χ2n) is 5.04. The summed E-state index contributed by atoms with van der Waals surface area (Å²) in [6, 6.07) is 9.12. The molecule has 2 rings (SSSR count). The summed E-state index contributed by atoms with van der Waals surface area (Å²) >= 11 is 5.90. The largest absolute Gasteiger partial charge is 0.465 e. The van der Waals surface area contributed by atoms with E-state index < -0.39 is 16.0 Å². The first kappa shape index (κ1) is 17.3. The molecule has 0 fully saturated rings. The van der Waals surface area contributed by atoms with E-state index in [9.17, 15) is 13.2 Å². The Morgan fingerprint density at radius 2 is 1.78 bits per heavy atom. The minimum Gasteiger partial charge on any atom is -0.465 e. The lowest BCUT2D eigenvalue weighted by atomic mass is 10.1. The quantitative estimate of drug-likeness (QED) is 0.853. The molecule has 0 radical (unpaired) electrons. The Bertz CT molecular complexity index is 862. The van der Waals surface area contributed by atoms with Crippen LogP contribution in [0.1, 0.15) is 21.5 Å². The zero-order chi connectivity index (χ0) is 17.2. The molecule has 23 heavy (non-hydrogen) atoms. The van der Waals surface area contributed by atoms with E-state index in [0.717, 1.165) is 11.1 Å². The molecule has 122 valence electrons. The zero-order valence-corrected chi connectivity index (χ0v) is 14.5. The molecule has 0 aliphatic rings. The van der Waals surface area contributed by atoms with Crippen LogP contribution in [0.25, 0.3) is 0 Å². The minimum atomic E-state index is -3.84. The molecule has 0 aliphatic carbocycles. The molecule has 0 bridgehead atoms. The van der Waals surface area contributed by atoms with Crippen molar-refractivity contribution in [1.82, 2.24) is 0 Å². The van der Waals surface area contributed by atoms with Crippen LogP contribution in [0, 0.1) is 13.8 Å². The third-order valence-corrected chi connectivity index (χ3v) is 5.12. The highest BCUT2D eigenvalue weighted by Gasteiger charge is 2.19. The van der Waals surface area contributed by atoms with Gasteiger partial charge in [-0.25, -0.2) is 13.2 Å². The highest BCUT2D eigenvalue weighted by molar-refractivity contribution is 7.92. The average molecular weight is 354 g/mol. The molecule has 0 spiro atoms. The van der Waals surface area contributed by atoms with Gasteiger partial charge in [-0.3, -0.25) is 4.72 Å². The molecular weight excluding hydrogens is 338 g/mol. The van der Waals surface area contributed by atoms with Crippen LogP contribution in [0.2, 0.25) is 5.02 Å². The number of hydrogen-bond donors (Lipinski definition) is 1. The Hall–Kier alpha value is -2.05. The van der Waals surface area contributed by atoms with Crippen LogP contribution < -0.4 is 4.72 Å². The molecule has 0 saturated carbocycles. The van der Waals surface area contributed by atoms with Crippen molar-refractivity contribution >= 4 is 33.3 Å². The van der Waals surface area contributed by atoms with E-state index in [4.69, 9.17) is 11.6 Å². The number of aryl methyl sites for hydroxylation is 2. The number of nitrogens with one attached hydrogen (secondary N) is 1. The smallest absolute Gasteiger partial charge is 0.339 e. The summed E-state index contributed by atoms with van der Waals surface area (Å²) in [7, 11) is -2.64. The lowest BCUT2D eigenvalue weighted by molar-refractivity contribution is 0.0600. The number of anilines is 1. The first-order valence-electron chi connectivity index (χ1n) is 6.72. The molecule has 0 heterocycles. The maximum atomic E-state index is 12.5. The predicted molar refractivity (Wildman–Crippen MR) is 89.5 cm³/mol. The number of esters is 1. The first-order chi connectivity index (χ1) is 10.7. The van der Waals surface area contributed by atoms with Gasteiger partial charge in [-0.2, -0.15) is 0 Å². The van der Waals surface area contributed by atoms with Gasteiger partial charge in [-0.15, -0.1) is 0 Å². The molecule has 0 unspecified atom stereocenters. The van der Waals surface area contributed by atoms with E-state index in [0.29, 0.717) is 5.69 Å². The molecule has 0 aliphatic heterocycles. The van der Waals surface area contributed by atoms with Gasteiger partial charge in [0.05, 0.1) is 22.6 Å². The Balaban J connectivity index is 2.39. The van der Waals surface area contributed by atoms with E-state index in [-0.39, 0.29) is 15.5 Å². The van der Waals surface area contributed by atoms with Crippen LogP contribution in [0.3, 0.4) is 0 Å². The van der Waals surface area contributed by atoms with Crippen molar-refractivity contribution in [2.24, 2.45) is 0 Å². The third kappa shape index (κ3) is 3.83. The Labute approximate surface area is 140 Å². The van der Waals surface area contributed by atoms with Crippen molar-refractivity contribution in [2.45, 2.75) is 18.7 Å². The first-order valence-corrected chi connectivity index (χ1v) is 8.58. The molecule has 0 amide bonds. The fourth-order valence-corrected chi connectivity index (χ4v) is 3.23. The van der Waals surface area contributed by atoms with Gasteiger partial charge in [0.2, 0.25) is 0 Å². The highest BCUT2D eigenvalue weighted by atomic mass is 35.5. The van der Waals surface area contributed by atoms with Crippen LogP contribution in [0.5, 0.6) is 0 Å². The van der Waals surface area contributed by atoms with Gasteiger partial charge in [-0.05, 0) is 55.3 Å². The SMILES string of the molecule is COC(=O)c1cc(S(=O)(=O)Nc2ccc(C)c(C)c2)ccc1Cl.